The predicted molar refractivity (Wildman–Crippen MR) is 76.7 cm³/mol. The van der Waals surface area contributed by atoms with Crippen LogP contribution >= 0.6 is 0 Å². The normalized spacial score (nSPS) is 12.7. The zero-order valence-corrected chi connectivity index (χ0v) is 12.5. The van der Waals surface area contributed by atoms with E-state index in [1.54, 1.807) is 6.92 Å². The molecule has 0 aliphatic carbocycles. The van der Waals surface area contributed by atoms with Gasteiger partial charge >= 0.3 is 5.97 Å². The monoisotopic (exact) mass is 265 g/mol. The fourth-order valence-electron chi connectivity index (χ4n) is 1.68. The Morgan fingerprint density at radius 1 is 1.32 bits per heavy atom. The first kappa shape index (κ1) is 15.3. The van der Waals surface area contributed by atoms with E-state index in [0.717, 1.165) is 17.0 Å². The van der Waals surface area contributed by atoms with Gasteiger partial charge in [-0.15, -0.1) is 0 Å². The number of nitrogens with one attached hydrogen (secondary N) is 1. The summed E-state index contributed by atoms with van der Waals surface area (Å²) in [5, 5.41) is 3.12. The van der Waals surface area contributed by atoms with Crippen LogP contribution in [0.25, 0.3) is 0 Å². The van der Waals surface area contributed by atoms with Gasteiger partial charge in [-0.25, -0.2) is 4.79 Å². The van der Waals surface area contributed by atoms with Crippen LogP contribution < -0.4 is 10.1 Å². The van der Waals surface area contributed by atoms with Gasteiger partial charge in [0.15, 0.2) is 0 Å². The van der Waals surface area contributed by atoms with Crippen LogP contribution in [0, 0.1) is 6.92 Å². The molecular formula is C15H23NO3. The summed E-state index contributed by atoms with van der Waals surface area (Å²) in [5.41, 5.74) is 1.71. The van der Waals surface area contributed by atoms with Gasteiger partial charge in [-0.3, -0.25) is 0 Å². The number of rotatable bonds is 4. The van der Waals surface area contributed by atoms with Crippen LogP contribution in [-0.2, 0) is 9.53 Å². The quantitative estimate of drug-likeness (QED) is 0.850. The topological polar surface area (TPSA) is 47.6 Å². The number of ether oxygens (including phenoxy) is 2. The van der Waals surface area contributed by atoms with Crippen LogP contribution in [0.5, 0.6) is 5.75 Å². The number of carbonyl (C=O) groups is 1. The summed E-state index contributed by atoms with van der Waals surface area (Å²) in [5.74, 6) is 0.538. The number of anilines is 1. The molecule has 0 radical (unpaired) electrons. The van der Waals surface area contributed by atoms with Crippen molar-refractivity contribution in [1.29, 1.82) is 0 Å². The zero-order chi connectivity index (χ0) is 14.6. The van der Waals surface area contributed by atoms with E-state index in [4.69, 9.17) is 4.74 Å². The van der Waals surface area contributed by atoms with Crippen LogP contribution in [0.4, 0.5) is 5.69 Å². The summed E-state index contributed by atoms with van der Waals surface area (Å²) in [6.07, 6.45) is 0. The summed E-state index contributed by atoms with van der Waals surface area (Å²) in [6, 6.07) is 5.39. The molecule has 1 aromatic rings. The van der Waals surface area contributed by atoms with Crippen molar-refractivity contribution < 1.29 is 14.3 Å². The minimum absolute atomic E-state index is 0.222. The number of aryl methyl sites for hydroxylation is 1. The van der Waals surface area contributed by atoms with Crippen LogP contribution in [0.15, 0.2) is 18.2 Å². The van der Waals surface area contributed by atoms with Crippen LogP contribution in [-0.4, -0.2) is 24.7 Å². The van der Waals surface area contributed by atoms with E-state index in [1.807, 2.05) is 45.9 Å². The standard InChI is InChI=1S/C15H23NO3/c1-10-9-12(19-15(3,4)5)7-8-13(10)16-11(2)14(17)18-6/h7-9,11,16H,1-6H3. The van der Waals surface area contributed by atoms with Crippen molar-refractivity contribution in [2.24, 2.45) is 0 Å². The average molecular weight is 265 g/mol. The van der Waals surface area contributed by atoms with E-state index in [1.165, 1.54) is 7.11 Å². The number of methoxy groups -OCH3 is 1. The first-order valence-corrected chi connectivity index (χ1v) is 6.37. The molecular weight excluding hydrogens is 242 g/mol. The van der Waals surface area contributed by atoms with Gasteiger partial charge in [0.25, 0.3) is 0 Å². The highest BCUT2D eigenvalue weighted by molar-refractivity contribution is 5.79. The molecule has 0 aliphatic rings. The predicted octanol–water partition coefficient (Wildman–Crippen LogP) is 3.15. The Morgan fingerprint density at radius 3 is 2.42 bits per heavy atom. The lowest BCUT2D eigenvalue weighted by atomic mass is 10.1. The lowest BCUT2D eigenvalue weighted by molar-refractivity contribution is -0.141. The third-order valence-electron chi connectivity index (χ3n) is 2.55. The van der Waals surface area contributed by atoms with E-state index in [0.29, 0.717) is 0 Å². The minimum atomic E-state index is -0.377. The highest BCUT2D eigenvalue weighted by Crippen LogP contribution is 2.24. The molecule has 4 nitrogen and oxygen atoms in total. The number of carbonyl (C=O) groups excluding carboxylic acids is 1. The molecule has 4 heteroatoms. The molecule has 1 aromatic carbocycles. The molecule has 0 fully saturated rings. The maximum atomic E-state index is 11.4. The number of esters is 1. The molecule has 0 bridgehead atoms. The van der Waals surface area contributed by atoms with Gasteiger partial charge in [-0.05, 0) is 58.4 Å². The van der Waals surface area contributed by atoms with Gasteiger partial charge in [0.1, 0.15) is 17.4 Å². The summed E-state index contributed by atoms with van der Waals surface area (Å²) in [7, 11) is 1.38. The fourth-order valence-corrected chi connectivity index (χ4v) is 1.68. The Hall–Kier alpha value is -1.71. The molecule has 106 valence electrons. The molecule has 1 unspecified atom stereocenters. The molecule has 0 aliphatic heterocycles. The summed E-state index contributed by atoms with van der Waals surface area (Å²) in [4.78, 5) is 11.4. The van der Waals surface area contributed by atoms with Gasteiger partial charge in [-0.1, -0.05) is 0 Å². The van der Waals surface area contributed by atoms with E-state index in [-0.39, 0.29) is 17.6 Å². The van der Waals surface area contributed by atoms with Crippen molar-refractivity contribution in [2.45, 2.75) is 46.3 Å². The van der Waals surface area contributed by atoms with E-state index >= 15 is 0 Å². The van der Waals surface area contributed by atoms with Gasteiger partial charge in [-0.2, -0.15) is 0 Å². The third kappa shape index (κ3) is 4.81. The number of hydrogen-bond donors (Lipinski definition) is 1. The Bertz CT molecular complexity index is 449. The first-order valence-electron chi connectivity index (χ1n) is 6.37. The maximum Gasteiger partial charge on any atom is 0.327 e. The Kier molecular flexibility index (Phi) is 4.81. The Morgan fingerprint density at radius 2 is 1.95 bits per heavy atom. The Balaban J connectivity index is 2.80. The third-order valence-corrected chi connectivity index (χ3v) is 2.55. The molecule has 1 N–H and O–H groups in total. The second-order valence-electron chi connectivity index (χ2n) is 5.58. The Labute approximate surface area is 115 Å². The van der Waals surface area contributed by atoms with Crippen LogP contribution in [0.1, 0.15) is 33.3 Å². The molecule has 0 saturated heterocycles. The minimum Gasteiger partial charge on any atom is -0.488 e. The van der Waals surface area contributed by atoms with Gasteiger partial charge in [0.05, 0.1) is 7.11 Å². The maximum absolute atomic E-state index is 11.4. The van der Waals surface area contributed by atoms with Gasteiger partial charge in [0, 0.05) is 5.69 Å². The highest BCUT2D eigenvalue weighted by Gasteiger charge is 2.15. The molecule has 1 rings (SSSR count). The lowest BCUT2D eigenvalue weighted by Crippen LogP contribution is -2.27. The second-order valence-corrected chi connectivity index (χ2v) is 5.58. The van der Waals surface area contributed by atoms with Crippen molar-refractivity contribution in [3.8, 4) is 5.75 Å². The molecule has 0 saturated carbocycles. The van der Waals surface area contributed by atoms with E-state index in [9.17, 15) is 4.79 Å². The summed E-state index contributed by atoms with van der Waals surface area (Å²) in [6.45, 7) is 9.77. The van der Waals surface area contributed by atoms with E-state index < -0.39 is 0 Å². The van der Waals surface area contributed by atoms with Crippen LogP contribution in [0.3, 0.4) is 0 Å². The number of benzene rings is 1. The van der Waals surface area contributed by atoms with Gasteiger partial charge in [0.2, 0.25) is 0 Å². The lowest BCUT2D eigenvalue weighted by Gasteiger charge is -2.22. The van der Waals surface area contributed by atoms with Crippen molar-refractivity contribution in [2.75, 3.05) is 12.4 Å². The van der Waals surface area contributed by atoms with Crippen molar-refractivity contribution in [1.82, 2.24) is 0 Å². The molecule has 0 spiro atoms. The highest BCUT2D eigenvalue weighted by atomic mass is 16.5. The molecule has 0 aromatic heterocycles. The SMILES string of the molecule is COC(=O)C(C)Nc1ccc(OC(C)(C)C)cc1C. The second kappa shape index (κ2) is 5.95. The summed E-state index contributed by atoms with van der Waals surface area (Å²) >= 11 is 0. The fraction of sp³-hybridized carbons (Fsp3) is 0.533. The van der Waals surface area contributed by atoms with Crippen LogP contribution in [0.2, 0.25) is 0 Å². The van der Waals surface area contributed by atoms with Crippen molar-refractivity contribution >= 4 is 11.7 Å². The molecule has 19 heavy (non-hydrogen) atoms. The van der Waals surface area contributed by atoms with Crippen molar-refractivity contribution in [3.05, 3.63) is 23.8 Å². The molecule has 0 amide bonds. The largest absolute Gasteiger partial charge is 0.488 e. The van der Waals surface area contributed by atoms with E-state index in [2.05, 4.69) is 10.1 Å². The number of hydrogen-bond acceptors (Lipinski definition) is 4. The molecule has 1 atom stereocenters. The summed E-state index contributed by atoms with van der Waals surface area (Å²) < 4.78 is 10.5. The average Bonchev–Trinajstić information content (AvgIpc) is 2.29. The van der Waals surface area contributed by atoms with Gasteiger partial charge < -0.3 is 14.8 Å². The zero-order valence-electron chi connectivity index (χ0n) is 12.5. The first-order chi connectivity index (χ1) is 8.73. The van der Waals surface area contributed by atoms with Crippen molar-refractivity contribution in [3.63, 3.8) is 0 Å². The molecule has 0 heterocycles. The smallest absolute Gasteiger partial charge is 0.327 e.